The number of nitrogen functional groups attached to an aromatic ring is 1. The summed E-state index contributed by atoms with van der Waals surface area (Å²) in [6, 6.07) is 1.81. The molecular weight excluding hydrogens is 250 g/mol. The van der Waals surface area contributed by atoms with Crippen LogP contribution < -0.4 is 11.1 Å². The van der Waals surface area contributed by atoms with Crippen LogP contribution in [0, 0.1) is 0 Å². The molecule has 2 aromatic rings. The molecule has 0 fully saturated rings. The van der Waals surface area contributed by atoms with Crippen molar-refractivity contribution in [2.75, 3.05) is 18.9 Å². The molecule has 6 heteroatoms. The number of aromatic nitrogens is 1. The van der Waals surface area contributed by atoms with Crippen LogP contribution in [0.1, 0.15) is 22.5 Å². The quantitative estimate of drug-likeness (QED) is 0.713. The van der Waals surface area contributed by atoms with Crippen LogP contribution in [0.5, 0.6) is 0 Å². The number of thiophene rings is 1. The van der Waals surface area contributed by atoms with E-state index in [-0.39, 0.29) is 12.5 Å². The van der Waals surface area contributed by atoms with Gasteiger partial charge in [-0.05, 0) is 18.9 Å². The van der Waals surface area contributed by atoms with Gasteiger partial charge in [-0.3, -0.25) is 9.78 Å². The number of nitrogens with zero attached hydrogens (tertiary/aromatic N) is 1. The highest BCUT2D eigenvalue weighted by Crippen LogP contribution is 2.32. The average molecular weight is 265 g/mol. The van der Waals surface area contributed by atoms with E-state index in [0.29, 0.717) is 23.5 Å². The molecule has 5 nitrogen and oxygen atoms in total. The molecule has 0 aliphatic rings. The van der Waals surface area contributed by atoms with Gasteiger partial charge < -0.3 is 16.2 Å². The summed E-state index contributed by atoms with van der Waals surface area (Å²) in [4.78, 5) is 16.5. The van der Waals surface area contributed by atoms with E-state index in [0.717, 1.165) is 16.5 Å². The molecule has 0 radical (unpaired) electrons. The number of nitrogens with one attached hydrogen (secondary N) is 1. The van der Waals surface area contributed by atoms with Gasteiger partial charge in [0.05, 0.1) is 10.4 Å². The third kappa shape index (κ3) is 2.60. The van der Waals surface area contributed by atoms with Gasteiger partial charge >= 0.3 is 0 Å². The largest absolute Gasteiger partial charge is 0.397 e. The molecule has 0 atom stereocenters. The molecule has 0 spiro atoms. The van der Waals surface area contributed by atoms with E-state index in [2.05, 4.69) is 10.3 Å². The number of aliphatic hydroxyl groups is 1. The van der Waals surface area contributed by atoms with Crippen molar-refractivity contribution in [2.45, 2.75) is 12.8 Å². The predicted molar refractivity (Wildman–Crippen MR) is 72.7 cm³/mol. The van der Waals surface area contributed by atoms with Crippen LogP contribution in [-0.2, 0) is 0 Å². The van der Waals surface area contributed by atoms with Gasteiger partial charge in [0.15, 0.2) is 0 Å². The van der Waals surface area contributed by atoms with E-state index in [1.54, 1.807) is 12.4 Å². The molecule has 1 amide bonds. The first kappa shape index (κ1) is 12.8. The van der Waals surface area contributed by atoms with E-state index in [1.165, 1.54) is 11.3 Å². The van der Waals surface area contributed by atoms with Crippen molar-refractivity contribution in [3.63, 3.8) is 0 Å². The lowest BCUT2D eigenvalue weighted by atomic mass is 10.2. The Morgan fingerprint density at radius 2 is 2.33 bits per heavy atom. The average Bonchev–Trinajstić information content (AvgIpc) is 2.73. The molecule has 0 aromatic carbocycles. The maximum Gasteiger partial charge on any atom is 0.263 e. The highest BCUT2D eigenvalue weighted by Gasteiger charge is 2.15. The van der Waals surface area contributed by atoms with E-state index in [1.807, 2.05) is 6.07 Å². The lowest BCUT2D eigenvalue weighted by Crippen LogP contribution is -2.24. The van der Waals surface area contributed by atoms with Crippen molar-refractivity contribution in [1.82, 2.24) is 10.3 Å². The lowest BCUT2D eigenvalue weighted by molar-refractivity contribution is 0.0957. The van der Waals surface area contributed by atoms with Crippen LogP contribution in [0.15, 0.2) is 18.5 Å². The zero-order chi connectivity index (χ0) is 13.0. The molecule has 2 rings (SSSR count). The Kier molecular flexibility index (Phi) is 4.11. The fourth-order valence-corrected chi connectivity index (χ4v) is 2.66. The number of rotatable bonds is 5. The monoisotopic (exact) mass is 265 g/mol. The minimum absolute atomic E-state index is 0.145. The molecule has 0 saturated carbocycles. The van der Waals surface area contributed by atoms with Crippen molar-refractivity contribution in [1.29, 1.82) is 0 Å². The Hall–Kier alpha value is -1.66. The molecule has 0 saturated heterocycles. The normalized spacial score (nSPS) is 10.7. The van der Waals surface area contributed by atoms with Crippen molar-refractivity contribution in [2.24, 2.45) is 0 Å². The lowest BCUT2D eigenvalue weighted by Gasteiger charge is -2.03. The molecule has 0 unspecified atom stereocenters. The fraction of sp³-hybridized carbons (Fsp3) is 0.333. The first-order chi connectivity index (χ1) is 8.74. The van der Waals surface area contributed by atoms with Crippen molar-refractivity contribution >= 4 is 33.0 Å². The first-order valence-electron chi connectivity index (χ1n) is 5.75. The Bertz CT molecular complexity index is 553. The second-order valence-electron chi connectivity index (χ2n) is 3.90. The number of hydrogen-bond acceptors (Lipinski definition) is 5. The number of nitrogens with two attached hydrogens (primary N) is 1. The molecule has 0 aliphatic carbocycles. The zero-order valence-corrected chi connectivity index (χ0v) is 10.7. The number of hydrogen-bond donors (Lipinski definition) is 3. The summed E-state index contributed by atoms with van der Waals surface area (Å²) in [6.45, 7) is 0.692. The van der Waals surface area contributed by atoms with Gasteiger partial charge in [0.2, 0.25) is 0 Å². The minimum atomic E-state index is -0.161. The van der Waals surface area contributed by atoms with Gasteiger partial charge in [-0.2, -0.15) is 0 Å². The zero-order valence-electron chi connectivity index (χ0n) is 9.85. The Balaban J connectivity index is 2.10. The summed E-state index contributed by atoms with van der Waals surface area (Å²) in [5.74, 6) is -0.161. The highest BCUT2D eigenvalue weighted by atomic mass is 32.1. The third-order valence-corrected chi connectivity index (χ3v) is 3.76. The SMILES string of the molecule is Nc1c(C(=O)NCCCCO)sc2cnccc12. The molecule has 2 heterocycles. The maximum atomic E-state index is 11.9. The number of fused-ring (bicyclic) bond motifs is 1. The van der Waals surface area contributed by atoms with Gasteiger partial charge in [-0.15, -0.1) is 11.3 Å². The van der Waals surface area contributed by atoms with E-state index >= 15 is 0 Å². The summed E-state index contributed by atoms with van der Waals surface area (Å²) < 4.78 is 0.913. The minimum Gasteiger partial charge on any atom is -0.397 e. The maximum absolute atomic E-state index is 11.9. The van der Waals surface area contributed by atoms with E-state index in [4.69, 9.17) is 10.8 Å². The molecule has 18 heavy (non-hydrogen) atoms. The number of carbonyl (C=O) groups excluding carboxylic acids is 1. The van der Waals surface area contributed by atoms with Crippen LogP contribution in [0.4, 0.5) is 5.69 Å². The third-order valence-electron chi connectivity index (χ3n) is 2.61. The Labute approximate surface area is 109 Å². The Morgan fingerprint density at radius 3 is 3.06 bits per heavy atom. The van der Waals surface area contributed by atoms with Crippen molar-refractivity contribution < 1.29 is 9.90 Å². The topological polar surface area (TPSA) is 88.2 Å². The Morgan fingerprint density at radius 1 is 1.50 bits per heavy atom. The second-order valence-corrected chi connectivity index (χ2v) is 4.96. The number of pyridine rings is 1. The van der Waals surface area contributed by atoms with E-state index < -0.39 is 0 Å². The van der Waals surface area contributed by atoms with Crippen LogP contribution >= 0.6 is 11.3 Å². The molecule has 0 aliphatic heterocycles. The fourth-order valence-electron chi connectivity index (χ4n) is 1.66. The number of amides is 1. The van der Waals surface area contributed by atoms with Crippen molar-refractivity contribution in [3.05, 3.63) is 23.3 Å². The number of carbonyl (C=O) groups is 1. The van der Waals surface area contributed by atoms with Gasteiger partial charge in [-0.1, -0.05) is 0 Å². The summed E-state index contributed by atoms with van der Waals surface area (Å²) in [7, 11) is 0. The summed E-state index contributed by atoms with van der Waals surface area (Å²) >= 11 is 1.35. The number of unbranched alkanes of at least 4 members (excludes halogenated alkanes) is 1. The van der Waals surface area contributed by atoms with E-state index in [9.17, 15) is 4.79 Å². The summed E-state index contributed by atoms with van der Waals surface area (Å²) in [6.07, 6.45) is 4.81. The van der Waals surface area contributed by atoms with Crippen LogP contribution in [0.2, 0.25) is 0 Å². The predicted octanol–water partition coefficient (Wildman–Crippen LogP) is 1.38. The highest BCUT2D eigenvalue weighted by molar-refractivity contribution is 7.21. The first-order valence-corrected chi connectivity index (χ1v) is 6.56. The smallest absolute Gasteiger partial charge is 0.263 e. The van der Waals surface area contributed by atoms with Crippen molar-refractivity contribution in [3.8, 4) is 0 Å². The molecule has 0 bridgehead atoms. The van der Waals surface area contributed by atoms with Gasteiger partial charge in [0.1, 0.15) is 4.88 Å². The summed E-state index contributed by atoms with van der Waals surface area (Å²) in [5, 5.41) is 12.3. The van der Waals surface area contributed by atoms with Crippen LogP contribution in [-0.4, -0.2) is 29.1 Å². The molecule has 2 aromatic heterocycles. The molecule has 4 N–H and O–H groups in total. The van der Waals surface area contributed by atoms with Gasteiger partial charge in [0, 0.05) is 30.9 Å². The van der Waals surface area contributed by atoms with Gasteiger partial charge in [-0.25, -0.2) is 0 Å². The van der Waals surface area contributed by atoms with Crippen LogP contribution in [0.3, 0.4) is 0 Å². The summed E-state index contributed by atoms with van der Waals surface area (Å²) in [5.41, 5.74) is 6.46. The molecule has 96 valence electrons. The standard InChI is InChI=1S/C12H15N3O2S/c13-10-8-3-5-14-7-9(8)18-11(10)12(17)15-4-1-2-6-16/h3,5,7,16H,1-2,4,6,13H2,(H,15,17). The number of anilines is 1. The number of aliphatic hydroxyl groups excluding tert-OH is 1. The van der Waals surface area contributed by atoms with Crippen LogP contribution in [0.25, 0.3) is 10.1 Å². The second kappa shape index (κ2) is 5.79. The van der Waals surface area contributed by atoms with Gasteiger partial charge in [0.25, 0.3) is 5.91 Å². The molecular formula is C12H15N3O2S.